The quantitative estimate of drug-likeness (QED) is 0.426. The highest BCUT2D eigenvalue weighted by Crippen LogP contribution is 2.29. The van der Waals surface area contributed by atoms with Crippen LogP contribution < -0.4 is 0 Å². The molecule has 1 aromatic heterocycles. The molecule has 0 spiro atoms. The van der Waals surface area contributed by atoms with Gasteiger partial charge >= 0.3 is 5.97 Å². The molecule has 0 N–H and O–H groups in total. The van der Waals surface area contributed by atoms with Gasteiger partial charge in [-0.05, 0) is 45.8 Å². The van der Waals surface area contributed by atoms with Gasteiger partial charge in [-0.15, -0.1) is 0 Å². The number of carbonyl (C=O) groups is 2. The Morgan fingerprint density at radius 1 is 1.07 bits per heavy atom. The van der Waals surface area contributed by atoms with Gasteiger partial charge in [0.15, 0.2) is 5.78 Å². The fourth-order valence-corrected chi connectivity index (χ4v) is 4.14. The molecule has 1 fully saturated rings. The first-order valence-electron chi connectivity index (χ1n) is 10.6. The van der Waals surface area contributed by atoms with E-state index in [1.54, 1.807) is 6.92 Å². The Morgan fingerprint density at radius 3 is 2.47 bits per heavy atom. The van der Waals surface area contributed by atoms with E-state index in [4.69, 9.17) is 9.15 Å². The minimum Gasteiger partial charge on any atom is -0.462 e. The minimum atomic E-state index is -0.345. The second kappa shape index (κ2) is 8.84. The van der Waals surface area contributed by atoms with Crippen LogP contribution in [0.4, 0.5) is 0 Å². The van der Waals surface area contributed by atoms with Crippen molar-refractivity contribution in [1.29, 1.82) is 0 Å². The zero-order valence-corrected chi connectivity index (χ0v) is 17.5. The van der Waals surface area contributed by atoms with Crippen molar-refractivity contribution < 1.29 is 18.7 Å². The summed E-state index contributed by atoms with van der Waals surface area (Å²) >= 11 is 0. The van der Waals surface area contributed by atoms with Crippen molar-refractivity contribution >= 4 is 22.7 Å². The number of fused-ring (bicyclic) bond motifs is 1. The topological polar surface area (TPSA) is 59.8 Å². The molecule has 156 valence electrons. The number of Topliss-reactive ketones (excluding diaryl/α,β-unsaturated/α-hetero) is 1. The number of piperidine rings is 1. The number of hydrogen-bond acceptors (Lipinski definition) is 5. The maximum atomic E-state index is 12.8. The molecule has 0 atom stereocenters. The first-order chi connectivity index (χ1) is 14.6. The number of hydrogen-bond donors (Lipinski definition) is 0. The second-order valence-electron chi connectivity index (χ2n) is 7.90. The van der Waals surface area contributed by atoms with Crippen LogP contribution in [0.1, 0.15) is 51.8 Å². The molecule has 0 radical (unpaired) electrons. The second-order valence-corrected chi connectivity index (χ2v) is 7.90. The van der Waals surface area contributed by atoms with Crippen LogP contribution in [0, 0.1) is 12.8 Å². The first kappa shape index (κ1) is 20.4. The van der Waals surface area contributed by atoms with Gasteiger partial charge < -0.3 is 9.15 Å². The molecule has 2 heterocycles. The van der Waals surface area contributed by atoms with Crippen LogP contribution in [-0.4, -0.2) is 36.3 Å². The number of benzene rings is 2. The lowest BCUT2D eigenvalue weighted by Gasteiger charge is -2.30. The normalized spacial score (nSPS) is 15.4. The van der Waals surface area contributed by atoms with Gasteiger partial charge in [0.2, 0.25) is 0 Å². The summed E-state index contributed by atoms with van der Waals surface area (Å²) in [5.74, 6) is 0.564. The van der Waals surface area contributed by atoms with Gasteiger partial charge in [-0.25, -0.2) is 4.79 Å². The molecule has 0 saturated carbocycles. The summed E-state index contributed by atoms with van der Waals surface area (Å²) in [6, 6.07) is 15.4. The third-order valence-electron chi connectivity index (χ3n) is 5.81. The molecule has 0 amide bonds. The van der Waals surface area contributed by atoms with Crippen molar-refractivity contribution in [3.63, 3.8) is 0 Å². The number of ketones is 1. The Kier molecular flexibility index (Phi) is 6.00. The molecule has 4 rings (SSSR count). The van der Waals surface area contributed by atoms with Crippen LogP contribution in [0.15, 0.2) is 52.9 Å². The van der Waals surface area contributed by atoms with Crippen LogP contribution in [0.5, 0.6) is 0 Å². The summed E-state index contributed by atoms with van der Waals surface area (Å²) in [6.45, 7) is 6.27. The third-order valence-corrected chi connectivity index (χ3v) is 5.81. The average Bonchev–Trinajstić information content (AvgIpc) is 3.12. The molecule has 1 aliphatic rings. The van der Waals surface area contributed by atoms with Crippen molar-refractivity contribution in [2.24, 2.45) is 5.92 Å². The molecule has 5 heteroatoms. The highest BCUT2D eigenvalue weighted by atomic mass is 16.5. The van der Waals surface area contributed by atoms with Gasteiger partial charge in [0, 0.05) is 16.9 Å². The smallest absolute Gasteiger partial charge is 0.342 e. The van der Waals surface area contributed by atoms with Crippen LogP contribution in [-0.2, 0) is 11.3 Å². The van der Waals surface area contributed by atoms with Crippen molar-refractivity contribution in [3.8, 4) is 0 Å². The standard InChI is InChI=1S/C25H27NO4/c1-3-29-25(28)23-20-6-4-5-7-21(20)30-22(23)16-26-14-12-19(13-15-26)24(27)18-10-8-17(2)9-11-18/h4-11,19H,3,12-16H2,1-2H3. The molecule has 0 unspecified atom stereocenters. The van der Waals surface area contributed by atoms with Crippen LogP contribution in [0.25, 0.3) is 11.0 Å². The van der Waals surface area contributed by atoms with Crippen molar-refractivity contribution in [1.82, 2.24) is 4.90 Å². The summed E-state index contributed by atoms with van der Waals surface area (Å²) in [4.78, 5) is 27.6. The van der Waals surface area contributed by atoms with E-state index in [1.165, 1.54) is 0 Å². The number of aryl methyl sites for hydroxylation is 1. The van der Waals surface area contributed by atoms with Gasteiger partial charge in [-0.2, -0.15) is 0 Å². The third kappa shape index (κ3) is 4.17. The predicted octanol–water partition coefficient (Wildman–Crippen LogP) is 5.01. The lowest BCUT2D eigenvalue weighted by Crippen LogP contribution is -2.36. The summed E-state index contributed by atoms with van der Waals surface area (Å²) in [7, 11) is 0. The van der Waals surface area contributed by atoms with E-state index in [9.17, 15) is 9.59 Å². The molecular formula is C25H27NO4. The molecule has 5 nitrogen and oxygen atoms in total. The molecule has 2 aromatic carbocycles. The molecule has 30 heavy (non-hydrogen) atoms. The fourth-order valence-electron chi connectivity index (χ4n) is 4.14. The molecule has 3 aromatic rings. The van der Waals surface area contributed by atoms with Gasteiger partial charge in [0.1, 0.15) is 16.9 Å². The van der Waals surface area contributed by atoms with E-state index in [2.05, 4.69) is 4.90 Å². The maximum Gasteiger partial charge on any atom is 0.342 e. The summed E-state index contributed by atoms with van der Waals surface area (Å²) in [5, 5.41) is 0.787. The van der Waals surface area contributed by atoms with E-state index in [1.807, 2.05) is 55.5 Å². The zero-order valence-electron chi connectivity index (χ0n) is 17.5. The molecular weight excluding hydrogens is 378 g/mol. The van der Waals surface area contributed by atoms with E-state index >= 15 is 0 Å². The van der Waals surface area contributed by atoms with E-state index in [-0.39, 0.29) is 17.7 Å². The fraction of sp³-hybridized carbons (Fsp3) is 0.360. The summed E-state index contributed by atoms with van der Waals surface area (Å²) in [6.07, 6.45) is 1.61. The average molecular weight is 405 g/mol. The monoisotopic (exact) mass is 405 g/mol. The van der Waals surface area contributed by atoms with Crippen LogP contribution in [0.2, 0.25) is 0 Å². The Bertz CT molecular complexity index is 1040. The zero-order chi connectivity index (χ0) is 21.1. The first-order valence-corrected chi connectivity index (χ1v) is 10.6. The lowest BCUT2D eigenvalue weighted by atomic mass is 9.88. The van der Waals surface area contributed by atoms with Crippen molar-refractivity contribution in [2.45, 2.75) is 33.2 Å². The molecule has 0 aliphatic carbocycles. The largest absolute Gasteiger partial charge is 0.462 e. The highest BCUT2D eigenvalue weighted by molar-refractivity contribution is 6.04. The Morgan fingerprint density at radius 2 is 1.77 bits per heavy atom. The Balaban J connectivity index is 1.46. The van der Waals surface area contributed by atoms with E-state index in [0.29, 0.717) is 30.1 Å². The van der Waals surface area contributed by atoms with Crippen molar-refractivity contribution in [3.05, 3.63) is 71.0 Å². The SMILES string of the molecule is CCOC(=O)c1c(CN2CCC(C(=O)c3ccc(C)cc3)CC2)oc2ccccc12. The molecule has 1 aliphatic heterocycles. The molecule has 0 bridgehead atoms. The van der Waals surface area contributed by atoms with Crippen LogP contribution in [0.3, 0.4) is 0 Å². The Labute approximate surface area is 176 Å². The number of furan rings is 1. The number of rotatable bonds is 6. The predicted molar refractivity (Wildman–Crippen MR) is 116 cm³/mol. The van der Waals surface area contributed by atoms with Gasteiger partial charge in [0.05, 0.1) is 13.2 Å². The summed E-state index contributed by atoms with van der Waals surface area (Å²) < 4.78 is 11.3. The van der Waals surface area contributed by atoms with Gasteiger partial charge in [0.25, 0.3) is 0 Å². The van der Waals surface area contributed by atoms with E-state index < -0.39 is 0 Å². The molecule has 1 saturated heterocycles. The summed E-state index contributed by atoms with van der Waals surface area (Å²) in [5.41, 5.74) is 3.16. The maximum absolute atomic E-state index is 12.8. The van der Waals surface area contributed by atoms with Crippen LogP contribution >= 0.6 is 0 Å². The number of carbonyl (C=O) groups excluding carboxylic acids is 2. The number of para-hydroxylation sites is 1. The number of nitrogens with zero attached hydrogens (tertiary/aromatic N) is 1. The van der Waals surface area contributed by atoms with E-state index in [0.717, 1.165) is 42.4 Å². The van der Waals surface area contributed by atoms with Gasteiger partial charge in [-0.1, -0.05) is 48.0 Å². The van der Waals surface area contributed by atoms with Gasteiger partial charge in [-0.3, -0.25) is 9.69 Å². The highest BCUT2D eigenvalue weighted by Gasteiger charge is 2.28. The lowest BCUT2D eigenvalue weighted by molar-refractivity contribution is 0.0523. The Hall–Kier alpha value is -2.92. The number of likely N-dealkylation sites (tertiary alicyclic amines) is 1. The van der Waals surface area contributed by atoms with Crippen molar-refractivity contribution in [2.75, 3.05) is 19.7 Å². The number of esters is 1. The minimum absolute atomic E-state index is 0.0455. The number of ether oxygens (including phenoxy) is 1.